The maximum atomic E-state index is 6.43. The summed E-state index contributed by atoms with van der Waals surface area (Å²) in [4.78, 5) is 2.21. The number of hydrogen-bond donors (Lipinski definition) is 0. The summed E-state index contributed by atoms with van der Waals surface area (Å²) >= 11 is 0. The van der Waals surface area contributed by atoms with E-state index in [0.717, 1.165) is 71.2 Å². The van der Waals surface area contributed by atoms with Crippen LogP contribution in [0.15, 0.2) is 94.0 Å². The molecular weight excluding hydrogens is 598 g/mol. The average Bonchev–Trinajstić information content (AvgIpc) is 3.87. The first-order chi connectivity index (χ1) is 23.1. The highest BCUT2D eigenvalue weighted by molar-refractivity contribution is 5.60. The van der Waals surface area contributed by atoms with Crippen LogP contribution in [0.5, 0.6) is 0 Å². The monoisotopic (exact) mass is 641 g/mol. The SMILES string of the molecule is CN(Cc1cn(C2CC(C)(C)Cc3oc(-c4ccccc4)cc32)nn1)Cc1cn(C2CC(C)(C)Cc3oc(-c4ccccc4)cc32)nn1. The molecule has 4 heterocycles. The normalized spacial score (nSPS) is 19.7. The highest BCUT2D eigenvalue weighted by atomic mass is 16.3. The zero-order valence-electron chi connectivity index (χ0n) is 28.4. The minimum Gasteiger partial charge on any atom is -0.461 e. The van der Waals surface area contributed by atoms with Gasteiger partial charge in [0.1, 0.15) is 23.0 Å². The third-order valence-electron chi connectivity index (χ3n) is 9.91. The lowest BCUT2D eigenvalue weighted by Gasteiger charge is -2.34. The van der Waals surface area contributed by atoms with E-state index in [1.165, 1.54) is 11.1 Å². The summed E-state index contributed by atoms with van der Waals surface area (Å²) in [6.07, 6.45) is 7.94. The van der Waals surface area contributed by atoms with E-state index in [1.807, 2.05) is 45.8 Å². The van der Waals surface area contributed by atoms with Crippen LogP contribution >= 0.6 is 0 Å². The topological polar surface area (TPSA) is 90.9 Å². The van der Waals surface area contributed by atoms with E-state index in [0.29, 0.717) is 13.1 Å². The first-order valence-electron chi connectivity index (χ1n) is 17.0. The molecule has 0 N–H and O–H groups in total. The Morgan fingerprint density at radius 2 is 1.08 bits per heavy atom. The summed E-state index contributed by atoms with van der Waals surface area (Å²) in [5.74, 6) is 3.92. The van der Waals surface area contributed by atoms with Gasteiger partial charge in [-0.1, -0.05) is 98.8 Å². The molecule has 9 nitrogen and oxygen atoms in total. The Hall–Kier alpha value is -4.76. The molecule has 0 spiro atoms. The van der Waals surface area contributed by atoms with E-state index in [-0.39, 0.29) is 22.9 Å². The zero-order chi connectivity index (χ0) is 33.0. The summed E-state index contributed by atoms with van der Waals surface area (Å²) in [5, 5.41) is 18.4. The lowest BCUT2D eigenvalue weighted by molar-refractivity contribution is 0.231. The first kappa shape index (κ1) is 30.6. The fourth-order valence-electron chi connectivity index (χ4n) is 7.65. The highest BCUT2D eigenvalue weighted by Gasteiger charge is 2.38. The molecule has 0 radical (unpaired) electrons. The Kier molecular flexibility index (Phi) is 7.47. The van der Waals surface area contributed by atoms with Crippen LogP contribution < -0.4 is 0 Å². The predicted octanol–water partition coefficient (Wildman–Crippen LogP) is 8.15. The molecule has 2 aliphatic carbocycles. The molecule has 4 aromatic heterocycles. The average molecular weight is 642 g/mol. The molecule has 0 fully saturated rings. The van der Waals surface area contributed by atoms with Gasteiger partial charge in [-0.05, 0) is 42.9 Å². The molecule has 2 aromatic carbocycles. The van der Waals surface area contributed by atoms with Crippen LogP contribution in [0.3, 0.4) is 0 Å². The molecule has 2 aliphatic rings. The lowest BCUT2D eigenvalue weighted by atomic mass is 9.75. The minimum absolute atomic E-state index is 0.0754. The van der Waals surface area contributed by atoms with Crippen molar-refractivity contribution in [2.45, 2.75) is 78.6 Å². The molecule has 246 valence electrons. The summed E-state index contributed by atoms with van der Waals surface area (Å²) in [6, 6.07) is 25.2. The van der Waals surface area contributed by atoms with Crippen molar-refractivity contribution in [3.05, 3.63) is 119 Å². The Labute approximate surface area is 281 Å². The second-order valence-corrected chi connectivity index (χ2v) is 15.4. The van der Waals surface area contributed by atoms with E-state index in [4.69, 9.17) is 8.83 Å². The largest absolute Gasteiger partial charge is 0.461 e. The molecule has 0 bridgehead atoms. The summed E-state index contributed by atoms with van der Waals surface area (Å²) in [6.45, 7) is 10.5. The number of rotatable bonds is 8. The van der Waals surface area contributed by atoms with Crippen LogP contribution in [0.2, 0.25) is 0 Å². The van der Waals surface area contributed by atoms with Gasteiger partial charge in [-0.2, -0.15) is 0 Å². The molecule has 0 aliphatic heterocycles. The number of fused-ring (bicyclic) bond motifs is 2. The number of furan rings is 2. The van der Waals surface area contributed by atoms with Crippen molar-refractivity contribution in [3.63, 3.8) is 0 Å². The Bertz CT molecular complexity index is 1890. The molecule has 8 rings (SSSR count). The van der Waals surface area contributed by atoms with Crippen LogP contribution in [-0.4, -0.2) is 41.9 Å². The summed E-state index contributed by atoms with van der Waals surface area (Å²) < 4.78 is 16.9. The molecule has 9 heteroatoms. The first-order valence-corrected chi connectivity index (χ1v) is 17.0. The van der Waals surface area contributed by atoms with Crippen LogP contribution in [0, 0.1) is 10.8 Å². The third-order valence-corrected chi connectivity index (χ3v) is 9.91. The number of aromatic nitrogens is 6. The van der Waals surface area contributed by atoms with Gasteiger partial charge < -0.3 is 8.83 Å². The summed E-state index contributed by atoms with van der Waals surface area (Å²) in [7, 11) is 2.09. The van der Waals surface area contributed by atoms with Gasteiger partial charge in [0.25, 0.3) is 0 Å². The minimum atomic E-state index is 0.0754. The van der Waals surface area contributed by atoms with Crippen molar-refractivity contribution >= 4 is 0 Å². The Morgan fingerprint density at radius 1 is 0.667 bits per heavy atom. The van der Waals surface area contributed by atoms with Gasteiger partial charge in [-0.25, -0.2) is 9.36 Å². The van der Waals surface area contributed by atoms with E-state index >= 15 is 0 Å². The van der Waals surface area contributed by atoms with Crippen LogP contribution in [0.1, 0.15) is 86.7 Å². The van der Waals surface area contributed by atoms with Crippen LogP contribution in [0.4, 0.5) is 0 Å². The van der Waals surface area contributed by atoms with Crippen molar-refractivity contribution in [2.75, 3.05) is 7.05 Å². The van der Waals surface area contributed by atoms with Crippen molar-refractivity contribution in [1.29, 1.82) is 0 Å². The standard InChI is InChI=1S/C39H43N7O2/c1-38(2)18-32(30-16-34(47-36(30)20-38)26-12-8-6-9-13-26)45-24-28(40-42-45)22-44(5)23-29-25-46(43-41-29)33-19-39(3,4)21-37-31(33)17-35(48-37)27-14-10-7-11-15-27/h6-17,24-25,32-33H,18-23H2,1-5H3. The number of hydrogen-bond acceptors (Lipinski definition) is 7. The van der Waals surface area contributed by atoms with Crippen molar-refractivity contribution in [3.8, 4) is 22.6 Å². The quantitative estimate of drug-likeness (QED) is 0.166. The van der Waals surface area contributed by atoms with Crippen molar-refractivity contribution < 1.29 is 8.83 Å². The Balaban J connectivity index is 0.974. The van der Waals surface area contributed by atoms with Gasteiger partial charge in [-0.15, -0.1) is 10.2 Å². The zero-order valence-corrected chi connectivity index (χ0v) is 28.4. The molecule has 0 saturated carbocycles. The number of benzene rings is 2. The molecule has 2 atom stereocenters. The van der Waals surface area contributed by atoms with E-state index in [1.54, 1.807) is 0 Å². The maximum absolute atomic E-state index is 6.43. The Morgan fingerprint density at radius 3 is 1.50 bits per heavy atom. The van der Waals surface area contributed by atoms with E-state index in [2.05, 4.69) is 109 Å². The van der Waals surface area contributed by atoms with Gasteiger partial charge in [0.2, 0.25) is 0 Å². The maximum Gasteiger partial charge on any atom is 0.134 e. The molecule has 2 unspecified atom stereocenters. The van der Waals surface area contributed by atoms with E-state index in [9.17, 15) is 0 Å². The summed E-state index contributed by atoms with van der Waals surface area (Å²) in [5.41, 5.74) is 6.62. The highest BCUT2D eigenvalue weighted by Crippen LogP contribution is 2.46. The van der Waals surface area contributed by atoms with E-state index < -0.39 is 0 Å². The van der Waals surface area contributed by atoms with Gasteiger partial charge >= 0.3 is 0 Å². The second-order valence-electron chi connectivity index (χ2n) is 15.4. The van der Waals surface area contributed by atoms with Crippen molar-refractivity contribution in [1.82, 2.24) is 34.9 Å². The fraction of sp³-hybridized carbons (Fsp3) is 0.385. The van der Waals surface area contributed by atoms with Gasteiger partial charge in [-0.3, -0.25) is 4.90 Å². The molecular formula is C39H43N7O2. The van der Waals surface area contributed by atoms with Crippen molar-refractivity contribution in [2.24, 2.45) is 10.8 Å². The van der Waals surface area contributed by atoms with Gasteiger partial charge in [0.15, 0.2) is 0 Å². The molecule has 48 heavy (non-hydrogen) atoms. The molecule has 0 saturated heterocycles. The predicted molar refractivity (Wildman–Crippen MR) is 184 cm³/mol. The number of nitrogens with zero attached hydrogens (tertiary/aromatic N) is 7. The smallest absolute Gasteiger partial charge is 0.134 e. The van der Waals surface area contributed by atoms with Crippen LogP contribution in [0.25, 0.3) is 22.6 Å². The second kappa shape index (κ2) is 11.7. The fourth-order valence-corrected chi connectivity index (χ4v) is 7.65. The van der Waals surface area contributed by atoms with Crippen LogP contribution in [-0.2, 0) is 25.9 Å². The molecule has 0 amide bonds. The molecule has 6 aromatic rings. The van der Waals surface area contributed by atoms with Gasteiger partial charge in [0, 0.05) is 48.2 Å². The lowest BCUT2D eigenvalue weighted by Crippen LogP contribution is -2.28. The van der Waals surface area contributed by atoms with Gasteiger partial charge in [0.05, 0.1) is 35.9 Å². The third kappa shape index (κ3) is 6.03.